The highest BCUT2D eigenvalue weighted by Gasteiger charge is 2.19. The van der Waals surface area contributed by atoms with E-state index in [1.165, 1.54) is 70.6 Å². The summed E-state index contributed by atoms with van der Waals surface area (Å²) in [4.78, 5) is 12.2. The number of rotatable bonds is 5. The number of carbonyl (C=O) groups excluding carboxylic acids is 1. The van der Waals surface area contributed by atoms with Gasteiger partial charge in [-0.2, -0.15) is 0 Å². The predicted octanol–water partition coefficient (Wildman–Crippen LogP) is 5.64. The van der Waals surface area contributed by atoms with Gasteiger partial charge in [0.15, 0.2) is 0 Å². The fourth-order valence-corrected chi connectivity index (χ4v) is 3.04. The van der Waals surface area contributed by atoms with Crippen molar-refractivity contribution in [2.24, 2.45) is 5.92 Å². The van der Waals surface area contributed by atoms with Crippen LogP contribution in [0.5, 0.6) is 0 Å². The number of unbranched alkanes of at least 4 members (excludes halogenated alkanes) is 3. The van der Waals surface area contributed by atoms with Crippen molar-refractivity contribution < 1.29 is 9.53 Å². The Hall–Kier alpha value is -0.530. The van der Waals surface area contributed by atoms with Gasteiger partial charge < -0.3 is 4.74 Å². The molecule has 0 amide bonds. The maximum atomic E-state index is 12.2. The van der Waals surface area contributed by atoms with Gasteiger partial charge in [-0.05, 0) is 19.3 Å². The van der Waals surface area contributed by atoms with Crippen molar-refractivity contribution in [2.45, 2.75) is 96.8 Å². The lowest BCUT2D eigenvalue weighted by atomic mass is 9.94. The van der Waals surface area contributed by atoms with E-state index in [-0.39, 0.29) is 11.9 Å². The third kappa shape index (κ3) is 8.60. The van der Waals surface area contributed by atoms with Crippen LogP contribution in [0.15, 0.2) is 0 Å². The molecule has 20 heavy (non-hydrogen) atoms. The highest BCUT2D eigenvalue weighted by atomic mass is 16.5. The zero-order valence-electron chi connectivity index (χ0n) is 13.5. The molecule has 0 radical (unpaired) electrons. The summed E-state index contributed by atoms with van der Waals surface area (Å²) in [5.41, 5.74) is 0. The first-order valence-corrected chi connectivity index (χ1v) is 9.01. The molecule has 0 spiro atoms. The molecule has 0 aromatic rings. The maximum absolute atomic E-state index is 12.2. The van der Waals surface area contributed by atoms with Crippen LogP contribution in [0.4, 0.5) is 0 Å². The first kappa shape index (κ1) is 17.5. The standard InChI is InChI=1S/C18H34O2/c1-2-3-4-11-14-17-15-12-9-7-5-6-8-10-13-16-20-18(17)19/h17H,2-16H2,1H3. The number of ether oxygens (including phenoxy) is 1. The molecule has 0 aliphatic carbocycles. The molecule has 0 bridgehead atoms. The van der Waals surface area contributed by atoms with Gasteiger partial charge in [0, 0.05) is 0 Å². The summed E-state index contributed by atoms with van der Waals surface area (Å²) >= 11 is 0. The van der Waals surface area contributed by atoms with Gasteiger partial charge in [-0.15, -0.1) is 0 Å². The molecular weight excluding hydrogens is 248 g/mol. The van der Waals surface area contributed by atoms with Crippen LogP contribution in [-0.4, -0.2) is 12.6 Å². The Balaban J connectivity index is 2.33. The fraction of sp³-hybridized carbons (Fsp3) is 0.944. The van der Waals surface area contributed by atoms with Crippen molar-refractivity contribution in [3.63, 3.8) is 0 Å². The maximum Gasteiger partial charge on any atom is 0.308 e. The van der Waals surface area contributed by atoms with E-state index in [1.807, 2.05) is 0 Å². The van der Waals surface area contributed by atoms with Crippen LogP contribution in [0.2, 0.25) is 0 Å². The second-order valence-corrected chi connectivity index (χ2v) is 6.33. The summed E-state index contributed by atoms with van der Waals surface area (Å²) in [6.45, 7) is 2.87. The van der Waals surface area contributed by atoms with Gasteiger partial charge in [0.1, 0.15) is 0 Å². The van der Waals surface area contributed by atoms with Crippen LogP contribution in [0.25, 0.3) is 0 Å². The van der Waals surface area contributed by atoms with E-state index in [2.05, 4.69) is 6.92 Å². The molecule has 1 saturated heterocycles. The average Bonchev–Trinajstić information content (AvgIpc) is 2.47. The second kappa shape index (κ2) is 12.2. The molecule has 1 atom stereocenters. The van der Waals surface area contributed by atoms with Crippen LogP contribution in [0, 0.1) is 5.92 Å². The van der Waals surface area contributed by atoms with Crippen LogP contribution in [0.3, 0.4) is 0 Å². The highest BCUT2D eigenvalue weighted by molar-refractivity contribution is 5.72. The van der Waals surface area contributed by atoms with Gasteiger partial charge in [-0.1, -0.05) is 77.6 Å². The molecule has 118 valence electrons. The smallest absolute Gasteiger partial charge is 0.308 e. The molecule has 0 aromatic heterocycles. The summed E-state index contributed by atoms with van der Waals surface area (Å²) in [5, 5.41) is 0. The van der Waals surface area contributed by atoms with Crippen molar-refractivity contribution in [1.82, 2.24) is 0 Å². The van der Waals surface area contributed by atoms with Gasteiger partial charge in [0.2, 0.25) is 0 Å². The van der Waals surface area contributed by atoms with Crippen LogP contribution in [-0.2, 0) is 9.53 Å². The molecular formula is C18H34O2. The molecule has 1 fully saturated rings. The molecule has 1 rings (SSSR count). The van der Waals surface area contributed by atoms with E-state index in [9.17, 15) is 4.79 Å². The second-order valence-electron chi connectivity index (χ2n) is 6.33. The first-order valence-electron chi connectivity index (χ1n) is 9.01. The molecule has 0 N–H and O–H groups in total. The Morgan fingerprint density at radius 1 is 0.900 bits per heavy atom. The number of hydrogen-bond donors (Lipinski definition) is 0. The minimum Gasteiger partial charge on any atom is -0.465 e. The quantitative estimate of drug-likeness (QED) is 0.482. The van der Waals surface area contributed by atoms with E-state index in [1.54, 1.807) is 0 Å². The lowest BCUT2D eigenvalue weighted by Crippen LogP contribution is -2.18. The number of hydrogen-bond acceptors (Lipinski definition) is 2. The van der Waals surface area contributed by atoms with Crippen LogP contribution >= 0.6 is 0 Å². The molecule has 1 heterocycles. The lowest BCUT2D eigenvalue weighted by molar-refractivity contribution is -0.149. The van der Waals surface area contributed by atoms with Crippen LogP contribution < -0.4 is 0 Å². The Kier molecular flexibility index (Phi) is 10.7. The summed E-state index contributed by atoms with van der Waals surface area (Å²) < 4.78 is 5.49. The third-order valence-electron chi connectivity index (χ3n) is 4.43. The van der Waals surface area contributed by atoms with Crippen molar-refractivity contribution in [1.29, 1.82) is 0 Å². The monoisotopic (exact) mass is 282 g/mol. The van der Waals surface area contributed by atoms with Gasteiger partial charge in [-0.3, -0.25) is 4.79 Å². The topological polar surface area (TPSA) is 26.3 Å². The SMILES string of the molecule is CCCCCCC1CCCCCCCCCCOC1=O. The summed E-state index contributed by atoms with van der Waals surface area (Å²) in [7, 11) is 0. The predicted molar refractivity (Wildman–Crippen MR) is 84.8 cm³/mol. The third-order valence-corrected chi connectivity index (χ3v) is 4.43. The Morgan fingerprint density at radius 2 is 1.55 bits per heavy atom. The Morgan fingerprint density at radius 3 is 2.25 bits per heavy atom. The zero-order valence-corrected chi connectivity index (χ0v) is 13.5. The normalized spacial score (nSPS) is 23.2. The lowest BCUT2D eigenvalue weighted by Gasteiger charge is -2.15. The van der Waals surface area contributed by atoms with Crippen LogP contribution in [0.1, 0.15) is 96.8 Å². The highest BCUT2D eigenvalue weighted by Crippen LogP contribution is 2.21. The minimum atomic E-state index is 0.0840. The molecule has 2 nitrogen and oxygen atoms in total. The number of cyclic esters (lactones) is 1. The van der Waals surface area contributed by atoms with Crippen molar-refractivity contribution in [3.8, 4) is 0 Å². The average molecular weight is 282 g/mol. The zero-order chi connectivity index (χ0) is 14.5. The molecule has 0 aromatic carbocycles. The van der Waals surface area contributed by atoms with Gasteiger partial charge in [-0.25, -0.2) is 0 Å². The molecule has 0 saturated carbocycles. The largest absolute Gasteiger partial charge is 0.465 e. The van der Waals surface area contributed by atoms with E-state index in [4.69, 9.17) is 4.74 Å². The summed E-state index contributed by atoms with van der Waals surface area (Å²) in [5.74, 6) is 0.258. The van der Waals surface area contributed by atoms with Gasteiger partial charge in [0.05, 0.1) is 12.5 Å². The summed E-state index contributed by atoms with van der Waals surface area (Å²) in [6, 6.07) is 0. The summed E-state index contributed by atoms with van der Waals surface area (Å²) in [6.07, 6.45) is 17.2. The molecule has 1 aliphatic rings. The Bertz CT molecular complexity index is 238. The number of carbonyl (C=O) groups is 1. The van der Waals surface area contributed by atoms with Gasteiger partial charge >= 0.3 is 5.97 Å². The van der Waals surface area contributed by atoms with E-state index in [0.29, 0.717) is 6.61 Å². The molecule has 1 unspecified atom stereocenters. The van der Waals surface area contributed by atoms with Crippen molar-refractivity contribution >= 4 is 5.97 Å². The van der Waals surface area contributed by atoms with E-state index >= 15 is 0 Å². The molecule has 2 heteroatoms. The van der Waals surface area contributed by atoms with Crippen molar-refractivity contribution in [3.05, 3.63) is 0 Å². The van der Waals surface area contributed by atoms with Gasteiger partial charge in [0.25, 0.3) is 0 Å². The van der Waals surface area contributed by atoms with Crippen molar-refractivity contribution in [2.75, 3.05) is 6.61 Å². The minimum absolute atomic E-state index is 0.0840. The Labute approximate surface area is 125 Å². The molecule has 1 aliphatic heterocycles. The van der Waals surface area contributed by atoms with E-state index in [0.717, 1.165) is 19.3 Å². The first-order chi connectivity index (χ1) is 9.84. The number of esters is 1. The fourth-order valence-electron chi connectivity index (χ4n) is 3.04. The van der Waals surface area contributed by atoms with E-state index < -0.39 is 0 Å².